The highest BCUT2D eigenvalue weighted by Crippen LogP contribution is 2.67. The van der Waals surface area contributed by atoms with E-state index >= 15 is 0 Å². The van der Waals surface area contributed by atoms with Crippen LogP contribution in [0.2, 0.25) is 0 Å². The van der Waals surface area contributed by atoms with E-state index in [1.165, 1.54) is 31.2 Å². The normalized spacial score (nSPS) is 46.0. The van der Waals surface area contributed by atoms with Gasteiger partial charge in [0.05, 0.1) is 6.10 Å². The Kier molecular flexibility index (Phi) is 3.95. The Morgan fingerprint density at radius 1 is 1.11 bits per heavy atom. The predicted molar refractivity (Wildman–Crippen MR) is 110 cm³/mol. The van der Waals surface area contributed by atoms with Crippen molar-refractivity contribution >= 4 is 5.57 Å². The Labute approximate surface area is 163 Å². The lowest BCUT2D eigenvalue weighted by Gasteiger charge is -2.59. The van der Waals surface area contributed by atoms with Gasteiger partial charge in [0.15, 0.2) is 0 Å². The molecule has 0 radical (unpaired) electrons. The van der Waals surface area contributed by atoms with E-state index in [0.717, 1.165) is 30.6 Å². The second kappa shape index (κ2) is 6.04. The number of pyridine rings is 1. The topological polar surface area (TPSA) is 33.1 Å². The molecule has 2 nitrogen and oxygen atoms in total. The van der Waals surface area contributed by atoms with E-state index < -0.39 is 0 Å². The molecule has 0 aromatic carbocycles. The zero-order valence-corrected chi connectivity index (χ0v) is 17.0. The molecule has 1 aromatic heterocycles. The molecular formula is C25H33NO. The third-order valence-electron chi connectivity index (χ3n) is 8.96. The van der Waals surface area contributed by atoms with Crippen LogP contribution in [-0.2, 0) is 0 Å². The monoisotopic (exact) mass is 363 g/mol. The number of allylic oxidation sites excluding steroid dienone is 3. The Balaban J connectivity index is 1.52. The molecule has 2 heteroatoms. The minimum atomic E-state index is -0.118. The van der Waals surface area contributed by atoms with Gasteiger partial charge in [-0.05, 0) is 90.2 Å². The second-order valence-corrected chi connectivity index (χ2v) is 10.2. The molecule has 2 unspecified atom stereocenters. The van der Waals surface area contributed by atoms with Crippen LogP contribution in [0.1, 0.15) is 64.9 Å². The molecule has 2 saturated carbocycles. The van der Waals surface area contributed by atoms with E-state index in [9.17, 15) is 5.11 Å². The highest BCUT2D eigenvalue weighted by atomic mass is 16.3. The molecule has 144 valence electrons. The van der Waals surface area contributed by atoms with Gasteiger partial charge in [0, 0.05) is 12.4 Å². The maximum atomic E-state index is 10.2. The molecule has 0 spiro atoms. The quantitative estimate of drug-likeness (QED) is 0.655. The molecule has 1 N–H and O–H groups in total. The summed E-state index contributed by atoms with van der Waals surface area (Å²) in [6, 6.07) is 4.32. The SMILES string of the molecule is CC1C=C2CC(O)CC[C@]2(C)[C@@H]2CC[C@]3(C)C(c4cccnc4)=CC[C@H]3[C@H]12. The van der Waals surface area contributed by atoms with Gasteiger partial charge >= 0.3 is 0 Å². The van der Waals surface area contributed by atoms with Gasteiger partial charge in [-0.3, -0.25) is 4.98 Å². The van der Waals surface area contributed by atoms with E-state index in [1.54, 1.807) is 11.1 Å². The summed E-state index contributed by atoms with van der Waals surface area (Å²) in [6.45, 7) is 7.49. The fourth-order valence-corrected chi connectivity index (χ4v) is 7.54. The van der Waals surface area contributed by atoms with E-state index in [0.29, 0.717) is 11.3 Å². The van der Waals surface area contributed by atoms with Gasteiger partial charge in [0.25, 0.3) is 0 Å². The molecule has 27 heavy (non-hydrogen) atoms. The maximum Gasteiger partial charge on any atom is 0.0577 e. The first-order valence-electron chi connectivity index (χ1n) is 10.9. The number of nitrogens with zero attached hydrogens (tertiary/aromatic N) is 1. The second-order valence-electron chi connectivity index (χ2n) is 10.2. The number of fused-ring (bicyclic) bond motifs is 5. The average Bonchev–Trinajstić information content (AvgIpc) is 3.01. The summed E-state index contributed by atoms with van der Waals surface area (Å²) in [5, 5.41) is 10.2. The summed E-state index contributed by atoms with van der Waals surface area (Å²) in [5.74, 6) is 2.90. The molecule has 0 bridgehead atoms. The first kappa shape index (κ1) is 17.7. The van der Waals surface area contributed by atoms with Crippen LogP contribution in [0.3, 0.4) is 0 Å². The third kappa shape index (κ3) is 2.45. The molecule has 0 saturated heterocycles. The molecule has 5 rings (SSSR count). The maximum absolute atomic E-state index is 10.2. The lowest BCUT2D eigenvalue weighted by molar-refractivity contribution is -0.0425. The van der Waals surface area contributed by atoms with Crippen LogP contribution in [0.4, 0.5) is 0 Å². The van der Waals surface area contributed by atoms with Crippen LogP contribution in [0.15, 0.2) is 42.3 Å². The molecule has 4 aliphatic carbocycles. The van der Waals surface area contributed by atoms with Crippen LogP contribution in [0, 0.1) is 34.5 Å². The molecule has 4 aliphatic rings. The molecule has 2 fully saturated rings. The summed E-state index contributed by atoms with van der Waals surface area (Å²) in [4.78, 5) is 4.39. The predicted octanol–water partition coefficient (Wildman–Crippen LogP) is 5.64. The van der Waals surface area contributed by atoms with Crippen molar-refractivity contribution in [2.45, 2.75) is 65.4 Å². The van der Waals surface area contributed by atoms with Gasteiger partial charge in [-0.15, -0.1) is 0 Å². The number of hydrogen-bond donors (Lipinski definition) is 1. The molecule has 7 atom stereocenters. The van der Waals surface area contributed by atoms with Gasteiger partial charge in [0.1, 0.15) is 0 Å². The van der Waals surface area contributed by atoms with E-state index in [2.05, 4.69) is 56.2 Å². The van der Waals surface area contributed by atoms with Crippen LogP contribution >= 0.6 is 0 Å². The minimum absolute atomic E-state index is 0.118. The standard InChI is InChI=1S/C25H33NO/c1-16-13-18-14-19(27)8-10-24(18,2)22-9-11-25(3)20(6-7-21(25)23(16)22)17-5-4-12-26-15-17/h4-6,12-13,15-16,19,21-23,27H,7-11,14H2,1-3H3/t16?,19?,21-,22+,23-,24-,25+/m0/s1. The first-order valence-corrected chi connectivity index (χ1v) is 10.9. The van der Waals surface area contributed by atoms with Crippen LogP contribution < -0.4 is 0 Å². The Hall–Kier alpha value is -1.41. The average molecular weight is 364 g/mol. The third-order valence-corrected chi connectivity index (χ3v) is 8.96. The van der Waals surface area contributed by atoms with Gasteiger partial charge in [0.2, 0.25) is 0 Å². The van der Waals surface area contributed by atoms with E-state index in [4.69, 9.17) is 0 Å². The fourth-order valence-electron chi connectivity index (χ4n) is 7.54. The largest absolute Gasteiger partial charge is 0.393 e. The van der Waals surface area contributed by atoms with Crippen molar-refractivity contribution < 1.29 is 5.11 Å². The van der Waals surface area contributed by atoms with E-state index in [1.807, 2.05) is 6.20 Å². The van der Waals surface area contributed by atoms with Gasteiger partial charge in [-0.25, -0.2) is 0 Å². The lowest BCUT2D eigenvalue weighted by atomic mass is 9.45. The first-order chi connectivity index (χ1) is 12.9. The fraction of sp³-hybridized carbons (Fsp3) is 0.640. The number of hydrogen-bond acceptors (Lipinski definition) is 2. The molecule has 1 heterocycles. The molecule has 0 aliphatic heterocycles. The van der Waals surface area contributed by atoms with Gasteiger partial charge < -0.3 is 5.11 Å². The Morgan fingerprint density at radius 2 is 1.93 bits per heavy atom. The Bertz CT molecular complexity index is 796. The van der Waals surface area contributed by atoms with Gasteiger partial charge in [-0.1, -0.05) is 44.6 Å². The summed E-state index contributed by atoms with van der Waals surface area (Å²) < 4.78 is 0. The van der Waals surface area contributed by atoms with Crippen molar-refractivity contribution in [3.63, 3.8) is 0 Å². The van der Waals surface area contributed by atoms with Crippen LogP contribution in [0.5, 0.6) is 0 Å². The molecule has 1 aromatic rings. The number of aliphatic hydroxyl groups is 1. The lowest BCUT2D eigenvalue weighted by Crippen LogP contribution is -2.52. The van der Waals surface area contributed by atoms with Crippen LogP contribution in [-0.4, -0.2) is 16.2 Å². The van der Waals surface area contributed by atoms with Gasteiger partial charge in [-0.2, -0.15) is 0 Å². The molecular weight excluding hydrogens is 330 g/mol. The van der Waals surface area contributed by atoms with Crippen LogP contribution in [0.25, 0.3) is 5.57 Å². The Morgan fingerprint density at radius 3 is 2.70 bits per heavy atom. The molecule has 0 amide bonds. The summed E-state index contributed by atoms with van der Waals surface area (Å²) in [5.41, 5.74) is 5.04. The number of aliphatic hydroxyl groups excluding tert-OH is 1. The zero-order valence-electron chi connectivity index (χ0n) is 17.0. The van der Waals surface area contributed by atoms with Crippen molar-refractivity contribution in [1.82, 2.24) is 4.98 Å². The van der Waals surface area contributed by atoms with Crippen molar-refractivity contribution in [3.05, 3.63) is 47.8 Å². The highest BCUT2D eigenvalue weighted by Gasteiger charge is 2.58. The highest BCUT2D eigenvalue weighted by molar-refractivity contribution is 5.72. The number of rotatable bonds is 1. The smallest absolute Gasteiger partial charge is 0.0577 e. The van der Waals surface area contributed by atoms with Crippen molar-refractivity contribution in [1.29, 1.82) is 0 Å². The summed E-state index contributed by atoms with van der Waals surface area (Å²) in [6.07, 6.45) is 15.8. The number of aromatic nitrogens is 1. The van der Waals surface area contributed by atoms with Crippen molar-refractivity contribution in [3.8, 4) is 0 Å². The summed E-state index contributed by atoms with van der Waals surface area (Å²) >= 11 is 0. The van der Waals surface area contributed by atoms with Crippen molar-refractivity contribution in [2.24, 2.45) is 34.5 Å². The zero-order chi connectivity index (χ0) is 18.8. The summed E-state index contributed by atoms with van der Waals surface area (Å²) in [7, 11) is 0. The van der Waals surface area contributed by atoms with Crippen molar-refractivity contribution in [2.75, 3.05) is 0 Å². The van der Waals surface area contributed by atoms with E-state index in [-0.39, 0.29) is 11.5 Å². The minimum Gasteiger partial charge on any atom is -0.393 e.